The number of nitrogens with one attached hydrogen (secondary N) is 1. The third kappa shape index (κ3) is 3.40. The minimum absolute atomic E-state index is 0.175. The molecule has 2 rings (SSSR count). The summed E-state index contributed by atoms with van der Waals surface area (Å²) in [6, 6.07) is 0.181. The molecule has 1 aromatic heterocycles. The van der Waals surface area contributed by atoms with Gasteiger partial charge in [0, 0.05) is 51.5 Å². The fourth-order valence-electron chi connectivity index (χ4n) is 3.01. The molecule has 0 aromatic carbocycles. The van der Waals surface area contributed by atoms with Gasteiger partial charge in [0.1, 0.15) is 0 Å². The molecule has 1 aliphatic heterocycles. The lowest BCUT2D eigenvalue weighted by Gasteiger charge is -2.43. The van der Waals surface area contributed by atoms with E-state index in [2.05, 4.69) is 30.5 Å². The Kier molecular flexibility index (Phi) is 5.57. The summed E-state index contributed by atoms with van der Waals surface area (Å²) in [5.74, 6) is 0. The second-order valence-electron chi connectivity index (χ2n) is 5.44. The van der Waals surface area contributed by atoms with Crippen LogP contribution in [0.2, 0.25) is 0 Å². The number of aromatic nitrogens is 2. The van der Waals surface area contributed by atoms with Gasteiger partial charge in [0.25, 0.3) is 0 Å². The van der Waals surface area contributed by atoms with Crippen molar-refractivity contribution in [1.29, 1.82) is 0 Å². The summed E-state index contributed by atoms with van der Waals surface area (Å²) in [5.41, 5.74) is 1.03. The summed E-state index contributed by atoms with van der Waals surface area (Å²) in [5, 5.41) is 7.98. The smallest absolute Gasteiger partial charge is 0.0921 e. The Bertz CT molecular complexity index is 394. The Labute approximate surface area is 121 Å². The quantitative estimate of drug-likeness (QED) is 0.831. The molecule has 0 bridgehead atoms. The maximum atomic E-state index is 6.21. The van der Waals surface area contributed by atoms with Crippen LogP contribution in [0, 0.1) is 0 Å². The number of hydrogen-bond donors (Lipinski definition) is 1. The normalized spacial score (nSPS) is 19.9. The van der Waals surface area contributed by atoms with Gasteiger partial charge < -0.3 is 14.8 Å². The second kappa shape index (κ2) is 7.20. The van der Waals surface area contributed by atoms with Crippen molar-refractivity contribution >= 4 is 0 Å². The molecule has 1 fully saturated rings. The minimum Gasteiger partial charge on any atom is -0.381 e. The molecule has 1 aliphatic rings. The van der Waals surface area contributed by atoms with Crippen molar-refractivity contribution in [3.05, 3.63) is 18.0 Å². The molecule has 1 atom stereocenters. The molecule has 0 radical (unpaired) electrons. The van der Waals surface area contributed by atoms with Crippen molar-refractivity contribution < 1.29 is 9.47 Å². The number of nitrogens with zero attached hydrogens (tertiary/aromatic N) is 2. The lowest BCUT2D eigenvalue weighted by atomic mass is 9.83. The highest BCUT2D eigenvalue weighted by molar-refractivity contribution is 5.17. The van der Waals surface area contributed by atoms with E-state index in [1.807, 2.05) is 17.9 Å². The minimum atomic E-state index is -0.175. The lowest BCUT2D eigenvalue weighted by Crippen LogP contribution is -2.50. The molecule has 5 nitrogen and oxygen atoms in total. The molecule has 1 aromatic rings. The van der Waals surface area contributed by atoms with Gasteiger partial charge in [-0.1, -0.05) is 6.92 Å². The Hall–Kier alpha value is -0.910. The van der Waals surface area contributed by atoms with E-state index >= 15 is 0 Å². The van der Waals surface area contributed by atoms with Gasteiger partial charge in [-0.05, 0) is 19.9 Å². The van der Waals surface area contributed by atoms with Crippen LogP contribution in [0.3, 0.4) is 0 Å². The number of hydrogen-bond acceptors (Lipinski definition) is 4. The standard InChI is InChI=1S/C15H27N3O2/c1-4-8-16-14(13-11-17-18(3)12-13)15(20-5-2)6-9-19-10-7-15/h11-12,14,16H,4-10H2,1-3H3. The molecule has 0 saturated carbocycles. The molecule has 1 saturated heterocycles. The first-order chi connectivity index (χ1) is 9.72. The van der Waals surface area contributed by atoms with Crippen molar-refractivity contribution in [3.63, 3.8) is 0 Å². The summed E-state index contributed by atoms with van der Waals surface area (Å²) >= 11 is 0. The van der Waals surface area contributed by atoms with E-state index in [0.29, 0.717) is 0 Å². The molecule has 5 heteroatoms. The van der Waals surface area contributed by atoms with Crippen LogP contribution < -0.4 is 5.32 Å². The number of ether oxygens (including phenoxy) is 2. The van der Waals surface area contributed by atoms with Gasteiger partial charge in [-0.15, -0.1) is 0 Å². The summed E-state index contributed by atoms with van der Waals surface area (Å²) in [6.45, 7) is 7.50. The maximum Gasteiger partial charge on any atom is 0.0921 e. The Morgan fingerprint density at radius 3 is 2.75 bits per heavy atom. The third-order valence-electron chi connectivity index (χ3n) is 3.95. The maximum absolute atomic E-state index is 6.21. The zero-order valence-electron chi connectivity index (χ0n) is 12.9. The van der Waals surface area contributed by atoms with E-state index < -0.39 is 0 Å². The van der Waals surface area contributed by atoms with Gasteiger partial charge >= 0.3 is 0 Å². The molecule has 0 aliphatic carbocycles. The second-order valence-corrected chi connectivity index (χ2v) is 5.44. The van der Waals surface area contributed by atoms with E-state index in [0.717, 1.165) is 45.6 Å². The Balaban J connectivity index is 2.26. The molecular formula is C15H27N3O2. The van der Waals surface area contributed by atoms with Crippen LogP contribution >= 0.6 is 0 Å². The topological polar surface area (TPSA) is 48.3 Å². The predicted octanol–water partition coefficient (Wildman–Crippen LogP) is 2.05. The largest absolute Gasteiger partial charge is 0.381 e. The van der Waals surface area contributed by atoms with Crippen molar-refractivity contribution in [1.82, 2.24) is 15.1 Å². The zero-order chi connectivity index (χ0) is 14.4. The fraction of sp³-hybridized carbons (Fsp3) is 0.800. The average Bonchev–Trinajstić information content (AvgIpc) is 2.87. The van der Waals surface area contributed by atoms with Crippen molar-refractivity contribution in [2.45, 2.75) is 44.8 Å². The van der Waals surface area contributed by atoms with Crippen LogP contribution in [-0.2, 0) is 16.5 Å². The highest BCUT2D eigenvalue weighted by Gasteiger charge is 2.42. The molecule has 2 heterocycles. The molecule has 114 valence electrons. The van der Waals surface area contributed by atoms with E-state index in [4.69, 9.17) is 9.47 Å². The van der Waals surface area contributed by atoms with E-state index in [1.54, 1.807) is 0 Å². The van der Waals surface area contributed by atoms with E-state index in [1.165, 1.54) is 5.56 Å². The van der Waals surface area contributed by atoms with E-state index in [-0.39, 0.29) is 11.6 Å². The van der Waals surface area contributed by atoms with Gasteiger partial charge in [-0.25, -0.2) is 0 Å². The Morgan fingerprint density at radius 2 is 2.20 bits per heavy atom. The highest BCUT2D eigenvalue weighted by atomic mass is 16.5. The lowest BCUT2D eigenvalue weighted by molar-refractivity contribution is -0.128. The highest BCUT2D eigenvalue weighted by Crippen LogP contribution is 2.37. The van der Waals surface area contributed by atoms with Crippen LogP contribution in [0.25, 0.3) is 0 Å². The van der Waals surface area contributed by atoms with Crippen LogP contribution in [0.5, 0.6) is 0 Å². The van der Waals surface area contributed by atoms with Crippen molar-refractivity contribution in [2.24, 2.45) is 7.05 Å². The first-order valence-electron chi connectivity index (χ1n) is 7.65. The first-order valence-corrected chi connectivity index (χ1v) is 7.65. The summed E-state index contributed by atoms with van der Waals surface area (Å²) in [6.07, 6.45) is 7.00. The fourth-order valence-corrected chi connectivity index (χ4v) is 3.01. The zero-order valence-corrected chi connectivity index (χ0v) is 12.9. The predicted molar refractivity (Wildman–Crippen MR) is 78.7 cm³/mol. The van der Waals surface area contributed by atoms with Gasteiger partial charge in [-0.2, -0.15) is 5.10 Å². The molecule has 1 N–H and O–H groups in total. The third-order valence-corrected chi connectivity index (χ3v) is 3.95. The van der Waals surface area contributed by atoms with Gasteiger partial charge in [-0.3, -0.25) is 4.68 Å². The molecule has 0 amide bonds. The summed E-state index contributed by atoms with van der Waals surface area (Å²) in [7, 11) is 1.96. The van der Waals surface area contributed by atoms with Crippen LogP contribution in [0.1, 0.15) is 44.7 Å². The SMILES string of the molecule is CCCNC(c1cnn(C)c1)C1(OCC)CCOCC1. The molecule has 20 heavy (non-hydrogen) atoms. The Morgan fingerprint density at radius 1 is 1.45 bits per heavy atom. The monoisotopic (exact) mass is 281 g/mol. The number of rotatable bonds is 7. The van der Waals surface area contributed by atoms with Crippen molar-refractivity contribution in [3.8, 4) is 0 Å². The average molecular weight is 281 g/mol. The van der Waals surface area contributed by atoms with Crippen LogP contribution in [0.4, 0.5) is 0 Å². The molecule has 0 spiro atoms. The summed E-state index contributed by atoms with van der Waals surface area (Å²) < 4.78 is 13.6. The van der Waals surface area contributed by atoms with Crippen molar-refractivity contribution in [2.75, 3.05) is 26.4 Å². The number of aryl methyl sites for hydroxylation is 1. The van der Waals surface area contributed by atoms with Gasteiger partial charge in [0.15, 0.2) is 0 Å². The summed E-state index contributed by atoms with van der Waals surface area (Å²) in [4.78, 5) is 0. The van der Waals surface area contributed by atoms with Crippen LogP contribution in [0.15, 0.2) is 12.4 Å². The van der Waals surface area contributed by atoms with Crippen LogP contribution in [-0.4, -0.2) is 41.7 Å². The van der Waals surface area contributed by atoms with E-state index in [9.17, 15) is 0 Å². The van der Waals surface area contributed by atoms with Gasteiger partial charge in [0.05, 0.1) is 17.8 Å². The van der Waals surface area contributed by atoms with Gasteiger partial charge in [0.2, 0.25) is 0 Å². The molecule has 1 unspecified atom stereocenters. The molecular weight excluding hydrogens is 254 g/mol. The first kappa shape index (κ1) is 15.5.